The van der Waals surface area contributed by atoms with Crippen LogP contribution in [0.5, 0.6) is 0 Å². The summed E-state index contributed by atoms with van der Waals surface area (Å²) in [6.45, 7) is 2.06. The summed E-state index contributed by atoms with van der Waals surface area (Å²) in [4.78, 5) is 0. The van der Waals surface area contributed by atoms with Crippen molar-refractivity contribution in [3.05, 3.63) is 47.0 Å². The van der Waals surface area contributed by atoms with Gasteiger partial charge in [0.25, 0.3) is 0 Å². The molecule has 0 aromatic heterocycles. The molecule has 0 aliphatic heterocycles. The van der Waals surface area contributed by atoms with Gasteiger partial charge in [-0.25, -0.2) is 8.78 Å². The Bertz CT molecular complexity index is 526. The maximum absolute atomic E-state index is 13.5. The summed E-state index contributed by atoms with van der Waals surface area (Å²) >= 11 is 0. The highest BCUT2D eigenvalue weighted by atomic mass is 19.1. The zero-order valence-corrected chi connectivity index (χ0v) is 12.4. The number of hydrogen-bond acceptors (Lipinski definition) is 1. The highest BCUT2D eigenvalue weighted by molar-refractivity contribution is 5.35. The third kappa shape index (κ3) is 4.14. The lowest BCUT2D eigenvalue weighted by Crippen LogP contribution is -2.13. The summed E-state index contributed by atoms with van der Waals surface area (Å²) in [6.07, 6.45) is 10.9. The number of hydrogen-bond donors (Lipinski definition) is 0. The molecule has 1 fully saturated rings. The molecule has 0 N–H and O–H groups in total. The molecule has 1 saturated carbocycles. The lowest BCUT2D eigenvalue weighted by Gasteiger charge is -2.26. The molecule has 0 radical (unpaired) electrons. The summed E-state index contributed by atoms with van der Waals surface area (Å²) in [5, 5.41) is 8.66. The van der Waals surface area contributed by atoms with Gasteiger partial charge in [-0.1, -0.05) is 12.2 Å². The molecule has 1 aliphatic carbocycles. The minimum absolute atomic E-state index is 0.481. The van der Waals surface area contributed by atoms with E-state index in [2.05, 4.69) is 19.1 Å². The van der Waals surface area contributed by atoms with Crippen molar-refractivity contribution in [1.29, 1.82) is 5.26 Å². The third-order valence-corrected chi connectivity index (χ3v) is 4.41. The normalized spacial score (nSPS) is 22.4. The lowest BCUT2D eigenvalue weighted by atomic mass is 9.79. The van der Waals surface area contributed by atoms with Crippen LogP contribution >= 0.6 is 0 Å². The quantitative estimate of drug-likeness (QED) is 0.703. The standard InChI is InChI=1S/C18H21F2N/c1-2-3-13-4-6-14(7-5-13)8-9-15-10-17(19)16(12-21)18(20)11-15/h2-3,10-11,13-14H,4-9H2,1H3/b3-2+. The van der Waals surface area contributed by atoms with Gasteiger partial charge in [0.15, 0.2) is 0 Å². The van der Waals surface area contributed by atoms with Crippen molar-refractivity contribution in [3.8, 4) is 6.07 Å². The molecule has 3 heteroatoms. The Morgan fingerprint density at radius 3 is 2.33 bits per heavy atom. The zero-order valence-electron chi connectivity index (χ0n) is 12.4. The van der Waals surface area contributed by atoms with E-state index < -0.39 is 17.2 Å². The van der Waals surface area contributed by atoms with Crippen LogP contribution in [0, 0.1) is 34.8 Å². The summed E-state index contributed by atoms with van der Waals surface area (Å²) in [5.74, 6) is -0.141. The predicted molar refractivity (Wildman–Crippen MR) is 79.7 cm³/mol. The number of benzene rings is 1. The number of allylic oxidation sites excluding steroid dienone is 2. The third-order valence-electron chi connectivity index (χ3n) is 4.41. The van der Waals surface area contributed by atoms with Crippen molar-refractivity contribution in [3.63, 3.8) is 0 Å². The molecule has 1 nitrogen and oxygen atoms in total. The van der Waals surface area contributed by atoms with Crippen LogP contribution in [0.15, 0.2) is 24.3 Å². The average Bonchev–Trinajstić information content (AvgIpc) is 2.47. The number of rotatable bonds is 4. The molecule has 0 spiro atoms. The van der Waals surface area contributed by atoms with Gasteiger partial charge in [0, 0.05) is 0 Å². The maximum atomic E-state index is 13.5. The molecule has 0 unspecified atom stereocenters. The van der Waals surface area contributed by atoms with Crippen LogP contribution in [-0.4, -0.2) is 0 Å². The van der Waals surface area contributed by atoms with E-state index >= 15 is 0 Å². The Morgan fingerprint density at radius 1 is 1.19 bits per heavy atom. The molecule has 1 aliphatic rings. The van der Waals surface area contributed by atoms with Gasteiger partial charge in [0.05, 0.1) is 0 Å². The van der Waals surface area contributed by atoms with Crippen LogP contribution in [0.3, 0.4) is 0 Å². The summed E-state index contributed by atoms with van der Waals surface area (Å²) in [5.41, 5.74) is 0.171. The van der Waals surface area contributed by atoms with E-state index in [9.17, 15) is 8.78 Å². The van der Waals surface area contributed by atoms with Crippen LogP contribution < -0.4 is 0 Å². The number of aryl methyl sites for hydroxylation is 1. The molecule has 0 heterocycles. The summed E-state index contributed by atoms with van der Waals surface area (Å²) < 4.78 is 27.1. The summed E-state index contributed by atoms with van der Waals surface area (Å²) in [7, 11) is 0. The second kappa shape index (κ2) is 7.36. The Morgan fingerprint density at radius 2 is 1.81 bits per heavy atom. The largest absolute Gasteiger partial charge is 0.205 e. The van der Waals surface area contributed by atoms with Crippen molar-refractivity contribution in [2.75, 3.05) is 0 Å². The second-order valence-electron chi connectivity index (χ2n) is 5.89. The first-order valence-corrected chi connectivity index (χ1v) is 7.65. The van der Waals surface area contributed by atoms with Crippen LogP contribution in [0.4, 0.5) is 8.78 Å². The molecule has 112 valence electrons. The second-order valence-corrected chi connectivity index (χ2v) is 5.89. The Kier molecular flexibility index (Phi) is 5.50. The molecular weight excluding hydrogens is 268 g/mol. The first-order chi connectivity index (χ1) is 10.1. The van der Waals surface area contributed by atoms with Gasteiger partial charge in [0.2, 0.25) is 0 Å². The molecule has 0 bridgehead atoms. The van der Waals surface area contributed by atoms with Crippen LogP contribution in [0.25, 0.3) is 0 Å². The van der Waals surface area contributed by atoms with Gasteiger partial charge in [-0.2, -0.15) is 5.26 Å². The average molecular weight is 289 g/mol. The van der Waals surface area contributed by atoms with Gasteiger partial charge in [-0.15, -0.1) is 0 Å². The summed E-state index contributed by atoms with van der Waals surface area (Å²) in [6, 6.07) is 4.15. The highest BCUT2D eigenvalue weighted by Gasteiger charge is 2.19. The fourth-order valence-corrected chi connectivity index (χ4v) is 3.19. The van der Waals surface area contributed by atoms with Crippen LogP contribution in [-0.2, 0) is 6.42 Å². The molecule has 1 aromatic rings. The monoisotopic (exact) mass is 289 g/mol. The van der Waals surface area contributed by atoms with Crippen molar-refractivity contribution in [2.24, 2.45) is 11.8 Å². The minimum Gasteiger partial charge on any atom is -0.205 e. The molecule has 0 saturated heterocycles. The Hall–Kier alpha value is -1.69. The van der Waals surface area contributed by atoms with E-state index in [4.69, 9.17) is 5.26 Å². The van der Waals surface area contributed by atoms with Gasteiger partial charge >= 0.3 is 0 Å². The van der Waals surface area contributed by atoms with Gasteiger partial charge in [-0.05, 0) is 75.0 Å². The topological polar surface area (TPSA) is 23.8 Å². The lowest BCUT2D eigenvalue weighted by molar-refractivity contribution is 0.296. The molecule has 1 aromatic carbocycles. The Labute approximate surface area is 125 Å². The number of nitrogens with zero attached hydrogens (tertiary/aromatic N) is 1. The van der Waals surface area contributed by atoms with Crippen molar-refractivity contribution < 1.29 is 8.78 Å². The van der Waals surface area contributed by atoms with E-state index in [1.807, 2.05) is 0 Å². The fourth-order valence-electron chi connectivity index (χ4n) is 3.19. The van der Waals surface area contributed by atoms with Gasteiger partial charge in [0.1, 0.15) is 23.3 Å². The number of nitriles is 1. The van der Waals surface area contributed by atoms with E-state index in [1.165, 1.54) is 37.8 Å². The number of halogens is 2. The minimum atomic E-state index is -0.746. The Balaban J connectivity index is 1.89. The zero-order chi connectivity index (χ0) is 15.2. The molecule has 2 rings (SSSR count). The van der Waals surface area contributed by atoms with Crippen molar-refractivity contribution in [1.82, 2.24) is 0 Å². The first kappa shape index (κ1) is 15.7. The van der Waals surface area contributed by atoms with Gasteiger partial charge < -0.3 is 0 Å². The molecular formula is C18H21F2N. The van der Waals surface area contributed by atoms with Gasteiger partial charge in [-0.3, -0.25) is 0 Å². The highest BCUT2D eigenvalue weighted by Crippen LogP contribution is 2.32. The first-order valence-electron chi connectivity index (χ1n) is 7.65. The van der Waals surface area contributed by atoms with E-state index in [1.54, 1.807) is 6.07 Å². The van der Waals surface area contributed by atoms with E-state index in [0.717, 1.165) is 6.42 Å². The molecule has 0 atom stereocenters. The molecule has 21 heavy (non-hydrogen) atoms. The van der Waals surface area contributed by atoms with E-state index in [-0.39, 0.29) is 0 Å². The fraction of sp³-hybridized carbons (Fsp3) is 0.500. The SMILES string of the molecule is C/C=C/C1CCC(CCc2cc(F)c(C#N)c(F)c2)CC1. The van der Waals surface area contributed by atoms with Crippen LogP contribution in [0.2, 0.25) is 0 Å². The maximum Gasteiger partial charge on any atom is 0.144 e. The molecule has 0 amide bonds. The van der Waals surface area contributed by atoms with Crippen molar-refractivity contribution >= 4 is 0 Å². The van der Waals surface area contributed by atoms with E-state index in [0.29, 0.717) is 23.8 Å². The van der Waals surface area contributed by atoms with Crippen LogP contribution in [0.1, 0.15) is 50.2 Å². The predicted octanol–water partition coefficient (Wildman–Crippen LogP) is 5.15. The van der Waals surface area contributed by atoms with Crippen molar-refractivity contribution in [2.45, 2.75) is 45.4 Å². The smallest absolute Gasteiger partial charge is 0.144 e.